The van der Waals surface area contributed by atoms with E-state index >= 15 is 0 Å². The molecule has 0 atom stereocenters. The number of amides is 1. The molecule has 0 spiro atoms. The Kier molecular flexibility index (Phi) is 5.84. The first-order valence-corrected chi connectivity index (χ1v) is 11.4. The van der Waals surface area contributed by atoms with E-state index in [2.05, 4.69) is 0 Å². The van der Waals surface area contributed by atoms with Crippen molar-refractivity contribution in [2.24, 2.45) is 0 Å². The molecule has 0 unspecified atom stereocenters. The molecule has 164 valence electrons. The van der Waals surface area contributed by atoms with Gasteiger partial charge >= 0.3 is 5.76 Å². The summed E-state index contributed by atoms with van der Waals surface area (Å²) in [7, 11) is -3.66. The van der Waals surface area contributed by atoms with E-state index < -0.39 is 15.8 Å². The van der Waals surface area contributed by atoms with Gasteiger partial charge in [0.05, 0.1) is 17.0 Å². The van der Waals surface area contributed by atoms with Crippen molar-refractivity contribution in [2.75, 3.05) is 32.8 Å². The van der Waals surface area contributed by atoms with Gasteiger partial charge in [0.25, 0.3) is 0 Å². The van der Waals surface area contributed by atoms with Gasteiger partial charge in [-0.15, -0.1) is 0 Å². The van der Waals surface area contributed by atoms with Crippen LogP contribution in [0.3, 0.4) is 0 Å². The molecular formula is C21H23N3O6S. The first-order chi connectivity index (χ1) is 14.9. The molecule has 1 aliphatic rings. The number of carbonyl (C=O) groups excluding carboxylic acids is 1. The Morgan fingerprint density at radius 2 is 1.71 bits per heavy atom. The van der Waals surface area contributed by atoms with Gasteiger partial charge in [0.2, 0.25) is 15.9 Å². The lowest BCUT2D eigenvalue weighted by molar-refractivity contribution is -0.133. The average Bonchev–Trinajstić information content (AvgIpc) is 3.09. The highest BCUT2D eigenvalue weighted by Crippen LogP contribution is 2.21. The molecule has 1 saturated heterocycles. The molecule has 10 heteroatoms. The number of hydrogen-bond donors (Lipinski definition) is 0. The third kappa shape index (κ3) is 4.21. The second kappa shape index (κ2) is 8.56. The van der Waals surface area contributed by atoms with Crippen LogP contribution in [0.1, 0.15) is 6.92 Å². The number of ether oxygens (including phenoxy) is 1. The molecule has 0 bridgehead atoms. The number of sulfonamides is 1. The summed E-state index contributed by atoms with van der Waals surface area (Å²) in [6.07, 6.45) is 0. The second-order valence-corrected chi connectivity index (χ2v) is 9.05. The molecule has 31 heavy (non-hydrogen) atoms. The van der Waals surface area contributed by atoms with Gasteiger partial charge in [-0.2, -0.15) is 4.31 Å². The lowest BCUT2D eigenvalue weighted by Crippen LogP contribution is -2.51. The predicted molar refractivity (Wildman–Crippen MR) is 113 cm³/mol. The van der Waals surface area contributed by atoms with E-state index in [9.17, 15) is 18.0 Å². The number of oxazole rings is 1. The Labute approximate surface area is 179 Å². The Morgan fingerprint density at radius 1 is 1.03 bits per heavy atom. The van der Waals surface area contributed by atoms with Crippen LogP contribution in [0.25, 0.3) is 11.1 Å². The van der Waals surface area contributed by atoms with Gasteiger partial charge in [-0.1, -0.05) is 12.1 Å². The standard InChI is InChI=1S/C21H23N3O6S/c1-2-29-16-7-9-17(10-8-16)31(27,28)23-13-11-22(12-14-23)20(25)15-24-18-5-3-4-6-19(18)30-21(24)26/h3-10H,2,11-15H2,1H3. The fourth-order valence-electron chi connectivity index (χ4n) is 3.60. The molecule has 0 radical (unpaired) electrons. The molecule has 0 saturated carbocycles. The van der Waals surface area contributed by atoms with E-state index in [1.165, 1.54) is 21.0 Å². The maximum absolute atomic E-state index is 12.9. The van der Waals surface area contributed by atoms with Gasteiger partial charge in [-0.05, 0) is 43.3 Å². The molecule has 4 rings (SSSR count). The van der Waals surface area contributed by atoms with Crippen LogP contribution in [0.4, 0.5) is 0 Å². The number of fused-ring (bicyclic) bond motifs is 1. The Morgan fingerprint density at radius 3 is 2.39 bits per heavy atom. The molecule has 2 heterocycles. The molecule has 9 nitrogen and oxygen atoms in total. The summed E-state index contributed by atoms with van der Waals surface area (Å²) in [5.74, 6) is -0.239. The molecule has 1 fully saturated rings. The lowest BCUT2D eigenvalue weighted by atomic mass is 10.3. The van der Waals surface area contributed by atoms with E-state index in [4.69, 9.17) is 9.15 Å². The molecule has 1 amide bonds. The number of aromatic nitrogens is 1. The van der Waals surface area contributed by atoms with E-state index in [1.807, 2.05) is 6.92 Å². The van der Waals surface area contributed by atoms with E-state index in [1.54, 1.807) is 41.3 Å². The molecule has 0 aliphatic carbocycles. The topological polar surface area (TPSA) is 102 Å². The third-order valence-electron chi connectivity index (χ3n) is 5.23. The molecule has 1 aromatic heterocycles. The summed E-state index contributed by atoms with van der Waals surface area (Å²) < 4.78 is 39.0. The summed E-state index contributed by atoms with van der Waals surface area (Å²) >= 11 is 0. The van der Waals surface area contributed by atoms with Crippen LogP contribution < -0.4 is 10.5 Å². The number of rotatable bonds is 6. The maximum atomic E-state index is 12.9. The van der Waals surface area contributed by atoms with Crippen molar-refractivity contribution in [3.05, 3.63) is 59.1 Å². The van der Waals surface area contributed by atoms with Crippen LogP contribution in [-0.4, -0.2) is 60.9 Å². The van der Waals surface area contributed by atoms with Gasteiger partial charge in [0, 0.05) is 26.2 Å². The van der Waals surface area contributed by atoms with Crippen LogP contribution >= 0.6 is 0 Å². The fourth-order valence-corrected chi connectivity index (χ4v) is 5.02. The number of para-hydroxylation sites is 2. The van der Waals surface area contributed by atoms with Crippen molar-refractivity contribution in [2.45, 2.75) is 18.4 Å². The smallest absolute Gasteiger partial charge is 0.420 e. The summed E-state index contributed by atoms with van der Waals surface area (Å²) in [6.45, 7) is 3.07. The van der Waals surface area contributed by atoms with Gasteiger partial charge in [-0.3, -0.25) is 9.36 Å². The Bertz CT molecular complexity index is 1240. The minimum absolute atomic E-state index is 0.151. The average molecular weight is 445 g/mol. The van der Waals surface area contributed by atoms with Crippen LogP contribution in [0.15, 0.2) is 62.6 Å². The monoisotopic (exact) mass is 445 g/mol. The molecule has 2 aromatic carbocycles. The zero-order valence-electron chi connectivity index (χ0n) is 17.1. The van der Waals surface area contributed by atoms with Crippen molar-refractivity contribution in [3.63, 3.8) is 0 Å². The van der Waals surface area contributed by atoms with E-state index in [0.717, 1.165) is 0 Å². The summed E-state index contributed by atoms with van der Waals surface area (Å²) in [5, 5.41) is 0. The molecule has 3 aromatic rings. The van der Waals surface area contributed by atoms with Crippen LogP contribution in [0, 0.1) is 0 Å². The van der Waals surface area contributed by atoms with Crippen molar-refractivity contribution in [1.82, 2.24) is 13.8 Å². The summed E-state index contributed by atoms with van der Waals surface area (Å²) in [5.41, 5.74) is 0.976. The summed E-state index contributed by atoms with van der Waals surface area (Å²) in [6, 6.07) is 13.2. The molecular weight excluding hydrogens is 422 g/mol. The second-order valence-electron chi connectivity index (χ2n) is 7.11. The van der Waals surface area contributed by atoms with Crippen LogP contribution in [-0.2, 0) is 21.4 Å². The predicted octanol–water partition coefficient (Wildman–Crippen LogP) is 1.53. The number of hydrogen-bond acceptors (Lipinski definition) is 6. The van der Waals surface area contributed by atoms with Gasteiger partial charge in [0.1, 0.15) is 12.3 Å². The molecule has 0 N–H and O–H groups in total. The first-order valence-electron chi connectivity index (χ1n) is 9.99. The largest absolute Gasteiger partial charge is 0.494 e. The maximum Gasteiger partial charge on any atom is 0.420 e. The highest BCUT2D eigenvalue weighted by molar-refractivity contribution is 7.89. The molecule has 1 aliphatic heterocycles. The summed E-state index contributed by atoms with van der Waals surface area (Å²) in [4.78, 5) is 26.6. The highest BCUT2D eigenvalue weighted by atomic mass is 32.2. The normalized spacial score (nSPS) is 15.3. The number of benzene rings is 2. The van der Waals surface area contributed by atoms with Crippen molar-refractivity contribution in [1.29, 1.82) is 0 Å². The third-order valence-corrected chi connectivity index (χ3v) is 7.14. The zero-order valence-corrected chi connectivity index (χ0v) is 17.9. The zero-order chi connectivity index (χ0) is 22.0. The van der Waals surface area contributed by atoms with Crippen LogP contribution in [0.2, 0.25) is 0 Å². The van der Waals surface area contributed by atoms with Crippen molar-refractivity contribution < 1.29 is 22.4 Å². The van der Waals surface area contributed by atoms with E-state index in [0.29, 0.717) is 23.5 Å². The number of carbonyl (C=O) groups is 1. The van der Waals surface area contributed by atoms with Crippen molar-refractivity contribution >= 4 is 27.0 Å². The van der Waals surface area contributed by atoms with Gasteiger partial charge in [0.15, 0.2) is 5.58 Å². The fraction of sp³-hybridized carbons (Fsp3) is 0.333. The van der Waals surface area contributed by atoms with Gasteiger partial charge in [-0.25, -0.2) is 13.2 Å². The van der Waals surface area contributed by atoms with Crippen LogP contribution in [0.5, 0.6) is 5.75 Å². The first kappa shape index (κ1) is 21.1. The number of piperazine rings is 1. The van der Waals surface area contributed by atoms with E-state index in [-0.39, 0.29) is 43.5 Å². The Balaban J connectivity index is 1.41. The highest BCUT2D eigenvalue weighted by Gasteiger charge is 2.30. The SMILES string of the molecule is CCOc1ccc(S(=O)(=O)N2CCN(C(=O)Cn3c(=O)oc4ccccc43)CC2)cc1. The van der Waals surface area contributed by atoms with Crippen molar-refractivity contribution in [3.8, 4) is 5.75 Å². The quantitative estimate of drug-likeness (QED) is 0.570. The van der Waals surface area contributed by atoms with Gasteiger partial charge < -0.3 is 14.1 Å². The Hall–Kier alpha value is -3.11. The minimum atomic E-state index is -3.66. The lowest BCUT2D eigenvalue weighted by Gasteiger charge is -2.34. The number of nitrogens with zero attached hydrogens (tertiary/aromatic N) is 3. The minimum Gasteiger partial charge on any atom is -0.494 e.